The van der Waals surface area contributed by atoms with Gasteiger partial charge < -0.3 is 10.0 Å². The SMILES string of the molecule is CCc1cccc(-c2cc(F)ccc2N(CCC2CCCN2C)C(=O)O)c1. The summed E-state index contributed by atoms with van der Waals surface area (Å²) in [5, 5.41) is 9.83. The highest BCUT2D eigenvalue weighted by molar-refractivity contribution is 5.93. The van der Waals surface area contributed by atoms with Crippen molar-refractivity contribution in [3.8, 4) is 11.1 Å². The lowest BCUT2D eigenvalue weighted by molar-refractivity contribution is 0.200. The third-order valence-electron chi connectivity index (χ3n) is 5.48. The molecule has 1 amide bonds. The van der Waals surface area contributed by atoms with Gasteiger partial charge in [-0.1, -0.05) is 31.2 Å². The summed E-state index contributed by atoms with van der Waals surface area (Å²) < 4.78 is 14.0. The van der Waals surface area contributed by atoms with Crippen LogP contribution in [0.1, 0.15) is 31.7 Å². The van der Waals surface area contributed by atoms with E-state index in [4.69, 9.17) is 0 Å². The number of nitrogens with zero attached hydrogens (tertiary/aromatic N) is 2. The number of anilines is 1. The minimum absolute atomic E-state index is 0.364. The summed E-state index contributed by atoms with van der Waals surface area (Å²) in [4.78, 5) is 15.6. The zero-order valence-corrected chi connectivity index (χ0v) is 16.0. The van der Waals surface area contributed by atoms with E-state index in [1.165, 1.54) is 17.0 Å². The summed E-state index contributed by atoms with van der Waals surface area (Å²) in [6.07, 6.45) is 2.89. The first kappa shape index (κ1) is 19.4. The van der Waals surface area contributed by atoms with Gasteiger partial charge in [-0.25, -0.2) is 9.18 Å². The molecule has 1 saturated heterocycles. The van der Waals surface area contributed by atoms with E-state index in [1.807, 2.05) is 24.3 Å². The molecule has 1 N–H and O–H groups in total. The number of halogens is 1. The summed E-state index contributed by atoms with van der Waals surface area (Å²) in [7, 11) is 2.09. The second-order valence-corrected chi connectivity index (χ2v) is 7.21. The summed E-state index contributed by atoms with van der Waals surface area (Å²) in [6, 6.07) is 12.6. The van der Waals surface area contributed by atoms with Crippen molar-refractivity contribution in [2.24, 2.45) is 0 Å². The van der Waals surface area contributed by atoms with E-state index in [2.05, 4.69) is 18.9 Å². The first-order chi connectivity index (χ1) is 13.0. The van der Waals surface area contributed by atoms with E-state index in [9.17, 15) is 14.3 Å². The fraction of sp³-hybridized carbons (Fsp3) is 0.409. The number of rotatable bonds is 6. The van der Waals surface area contributed by atoms with Gasteiger partial charge in [0.2, 0.25) is 0 Å². The minimum Gasteiger partial charge on any atom is -0.465 e. The maximum atomic E-state index is 14.0. The van der Waals surface area contributed by atoms with Crippen LogP contribution in [-0.4, -0.2) is 42.3 Å². The van der Waals surface area contributed by atoms with Crippen molar-refractivity contribution in [1.29, 1.82) is 0 Å². The largest absolute Gasteiger partial charge is 0.465 e. The Hall–Kier alpha value is -2.40. The van der Waals surface area contributed by atoms with Crippen LogP contribution in [0, 0.1) is 5.82 Å². The van der Waals surface area contributed by atoms with Crippen LogP contribution in [0.15, 0.2) is 42.5 Å². The molecule has 4 nitrogen and oxygen atoms in total. The number of hydrogen-bond acceptors (Lipinski definition) is 2. The molecule has 5 heteroatoms. The summed E-state index contributed by atoms with van der Waals surface area (Å²) in [5.74, 6) is -0.364. The molecular weight excluding hydrogens is 343 g/mol. The molecule has 3 rings (SSSR count). The third-order valence-corrected chi connectivity index (χ3v) is 5.48. The highest BCUT2D eigenvalue weighted by atomic mass is 19.1. The maximum absolute atomic E-state index is 14.0. The van der Waals surface area contributed by atoms with Crippen LogP contribution in [-0.2, 0) is 6.42 Å². The van der Waals surface area contributed by atoms with Crippen molar-refractivity contribution in [2.45, 2.75) is 38.6 Å². The number of aryl methyl sites for hydroxylation is 1. The zero-order valence-electron chi connectivity index (χ0n) is 16.0. The van der Waals surface area contributed by atoms with Crippen LogP contribution in [0.2, 0.25) is 0 Å². The highest BCUT2D eigenvalue weighted by Crippen LogP contribution is 2.33. The van der Waals surface area contributed by atoms with Gasteiger partial charge in [-0.2, -0.15) is 0 Å². The van der Waals surface area contributed by atoms with Gasteiger partial charge in [0.15, 0.2) is 0 Å². The summed E-state index contributed by atoms with van der Waals surface area (Å²) in [6.45, 7) is 3.52. The number of carboxylic acid groups (broad SMARTS) is 1. The Morgan fingerprint density at radius 3 is 2.78 bits per heavy atom. The molecule has 1 unspecified atom stereocenters. The van der Waals surface area contributed by atoms with E-state index in [-0.39, 0.29) is 5.82 Å². The second kappa shape index (κ2) is 8.53. The summed E-state index contributed by atoms with van der Waals surface area (Å²) >= 11 is 0. The Morgan fingerprint density at radius 1 is 1.30 bits per heavy atom. The Kier molecular flexibility index (Phi) is 6.11. The fourth-order valence-electron chi connectivity index (χ4n) is 3.87. The van der Waals surface area contributed by atoms with Crippen LogP contribution in [0.25, 0.3) is 11.1 Å². The second-order valence-electron chi connectivity index (χ2n) is 7.21. The summed E-state index contributed by atoms with van der Waals surface area (Å²) in [5.41, 5.74) is 3.13. The molecule has 2 aromatic rings. The normalized spacial score (nSPS) is 17.2. The molecule has 1 fully saturated rings. The Labute approximate surface area is 160 Å². The standard InChI is InChI=1S/C22H27FN2O2/c1-3-16-6-4-7-17(14-16)20-15-18(23)9-10-21(20)25(22(26)27)13-11-19-8-5-12-24(19)2/h4,6-7,9-10,14-15,19H,3,5,8,11-13H2,1-2H3,(H,26,27). The van der Waals surface area contributed by atoms with Crippen molar-refractivity contribution in [1.82, 2.24) is 4.90 Å². The van der Waals surface area contributed by atoms with Crippen LogP contribution in [0.5, 0.6) is 0 Å². The molecule has 0 bridgehead atoms. The molecule has 1 heterocycles. The van der Waals surface area contributed by atoms with Crippen molar-refractivity contribution < 1.29 is 14.3 Å². The van der Waals surface area contributed by atoms with Gasteiger partial charge in [0.1, 0.15) is 5.82 Å². The Balaban J connectivity index is 1.93. The molecule has 2 aromatic carbocycles. The minimum atomic E-state index is -1.00. The topological polar surface area (TPSA) is 43.8 Å². The van der Waals surface area contributed by atoms with Crippen LogP contribution in [0.4, 0.5) is 14.9 Å². The van der Waals surface area contributed by atoms with Gasteiger partial charge >= 0.3 is 6.09 Å². The predicted octanol–water partition coefficient (Wildman–Crippen LogP) is 5.02. The zero-order chi connectivity index (χ0) is 19.4. The van der Waals surface area contributed by atoms with Gasteiger partial charge in [0, 0.05) is 18.2 Å². The molecule has 1 aliphatic rings. The van der Waals surface area contributed by atoms with Gasteiger partial charge in [0.25, 0.3) is 0 Å². The number of amides is 1. The van der Waals surface area contributed by atoms with Crippen molar-refractivity contribution in [3.63, 3.8) is 0 Å². The smallest absolute Gasteiger partial charge is 0.411 e. The number of benzene rings is 2. The molecular formula is C22H27FN2O2. The van der Waals surface area contributed by atoms with Crippen LogP contribution >= 0.6 is 0 Å². The molecule has 0 radical (unpaired) electrons. The van der Waals surface area contributed by atoms with Crippen molar-refractivity contribution in [3.05, 3.63) is 53.8 Å². The quantitative estimate of drug-likeness (QED) is 0.776. The fourth-order valence-corrected chi connectivity index (χ4v) is 3.87. The van der Waals surface area contributed by atoms with E-state index < -0.39 is 6.09 Å². The van der Waals surface area contributed by atoms with Gasteiger partial charge in [-0.3, -0.25) is 4.90 Å². The first-order valence-corrected chi connectivity index (χ1v) is 9.59. The lowest BCUT2D eigenvalue weighted by Crippen LogP contribution is -2.35. The lowest BCUT2D eigenvalue weighted by atomic mass is 9.99. The molecule has 1 atom stereocenters. The molecule has 0 aromatic heterocycles. The number of hydrogen-bond donors (Lipinski definition) is 1. The van der Waals surface area contributed by atoms with Gasteiger partial charge in [-0.15, -0.1) is 0 Å². The van der Waals surface area contributed by atoms with Crippen molar-refractivity contribution in [2.75, 3.05) is 25.0 Å². The third kappa shape index (κ3) is 4.48. The molecule has 1 aliphatic heterocycles. The van der Waals surface area contributed by atoms with Crippen LogP contribution < -0.4 is 4.90 Å². The number of carbonyl (C=O) groups is 1. The molecule has 0 aliphatic carbocycles. The van der Waals surface area contributed by atoms with Crippen molar-refractivity contribution >= 4 is 11.8 Å². The average Bonchev–Trinajstić information content (AvgIpc) is 3.07. The maximum Gasteiger partial charge on any atom is 0.411 e. The number of likely N-dealkylation sites (tertiary alicyclic amines) is 1. The lowest BCUT2D eigenvalue weighted by Gasteiger charge is -2.26. The van der Waals surface area contributed by atoms with Gasteiger partial charge in [-0.05, 0) is 68.6 Å². The Bertz CT molecular complexity index is 809. The van der Waals surface area contributed by atoms with E-state index in [0.29, 0.717) is 23.8 Å². The molecule has 0 saturated carbocycles. The van der Waals surface area contributed by atoms with E-state index >= 15 is 0 Å². The first-order valence-electron chi connectivity index (χ1n) is 9.59. The predicted molar refractivity (Wildman–Crippen MR) is 107 cm³/mol. The monoisotopic (exact) mass is 370 g/mol. The molecule has 144 valence electrons. The van der Waals surface area contributed by atoms with E-state index in [1.54, 1.807) is 6.07 Å². The highest BCUT2D eigenvalue weighted by Gasteiger charge is 2.25. The molecule has 27 heavy (non-hydrogen) atoms. The van der Waals surface area contributed by atoms with Crippen LogP contribution in [0.3, 0.4) is 0 Å². The average molecular weight is 370 g/mol. The Morgan fingerprint density at radius 2 is 2.11 bits per heavy atom. The van der Waals surface area contributed by atoms with E-state index in [0.717, 1.165) is 43.4 Å². The van der Waals surface area contributed by atoms with Gasteiger partial charge in [0.05, 0.1) is 5.69 Å². The molecule has 0 spiro atoms.